The first-order chi connectivity index (χ1) is 14.7. The molecule has 2 aromatic carbocycles. The standard InChI is InChI=1S/C23H15ClN4OS/c24-18-6-2-4-16-12-19(27-21(16)18)22(29)26-17-5-1-3-15(11-17)20-13-30-23(28-20)14-7-9-25-10-8-14/h1-13,27H,(H,26,29). The topological polar surface area (TPSA) is 70.7 Å². The van der Waals surface area contributed by atoms with E-state index in [9.17, 15) is 4.79 Å². The van der Waals surface area contributed by atoms with Crippen LogP contribution in [0, 0.1) is 0 Å². The van der Waals surface area contributed by atoms with E-state index in [1.165, 1.54) is 0 Å². The van der Waals surface area contributed by atoms with Gasteiger partial charge in [0, 0.05) is 40.0 Å². The number of carbonyl (C=O) groups is 1. The number of nitrogens with one attached hydrogen (secondary N) is 2. The number of pyridine rings is 1. The summed E-state index contributed by atoms with van der Waals surface area (Å²) in [5, 5.41) is 7.36. The number of aromatic amines is 1. The molecule has 30 heavy (non-hydrogen) atoms. The number of rotatable bonds is 4. The van der Waals surface area contributed by atoms with Crippen molar-refractivity contribution < 1.29 is 4.79 Å². The lowest BCUT2D eigenvalue weighted by atomic mass is 10.1. The molecular formula is C23H15ClN4OS. The second kappa shape index (κ2) is 7.74. The summed E-state index contributed by atoms with van der Waals surface area (Å²) in [7, 11) is 0. The van der Waals surface area contributed by atoms with Gasteiger partial charge in [-0.05, 0) is 36.4 Å². The van der Waals surface area contributed by atoms with E-state index >= 15 is 0 Å². The maximum Gasteiger partial charge on any atom is 0.272 e. The van der Waals surface area contributed by atoms with Crippen LogP contribution >= 0.6 is 22.9 Å². The van der Waals surface area contributed by atoms with Gasteiger partial charge in [0.2, 0.25) is 0 Å². The molecule has 0 unspecified atom stereocenters. The van der Waals surface area contributed by atoms with Gasteiger partial charge >= 0.3 is 0 Å². The Morgan fingerprint density at radius 1 is 1.00 bits per heavy atom. The number of nitrogens with zero attached hydrogens (tertiary/aromatic N) is 2. The van der Waals surface area contributed by atoms with Crippen LogP contribution in [0.1, 0.15) is 10.5 Å². The second-order valence-corrected chi connectivity index (χ2v) is 7.96. The molecule has 0 spiro atoms. The van der Waals surface area contributed by atoms with Gasteiger partial charge in [-0.15, -0.1) is 11.3 Å². The first-order valence-electron chi connectivity index (χ1n) is 9.22. The number of fused-ring (bicyclic) bond motifs is 1. The third-order valence-corrected chi connectivity index (χ3v) is 5.90. The number of carbonyl (C=O) groups excluding carboxylic acids is 1. The summed E-state index contributed by atoms with van der Waals surface area (Å²) in [6.07, 6.45) is 3.51. The molecule has 0 radical (unpaired) electrons. The summed E-state index contributed by atoms with van der Waals surface area (Å²) < 4.78 is 0. The van der Waals surface area contributed by atoms with Crippen molar-refractivity contribution in [3.8, 4) is 21.8 Å². The number of H-pyrrole nitrogens is 1. The zero-order valence-electron chi connectivity index (χ0n) is 15.6. The van der Waals surface area contributed by atoms with Gasteiger partial charge in [0.1, 0.15) is 10.7 Å². The quantitative estimate of drug-likeness (QED) is 0.353. The molecule has 7 heteroatoms. The summed E-state index contributed by atoms with van der Waals surface area (Å²) in [4.78, 5) is 24.6. The monoisotopic (exact) mass is 430 g/mol. The van der Waals surface area contributed by atoms with Crippen LogP contribution in [-0.2, 0) is 0 Å². The van der Waals surface area contributed by atoms with Crippen LogP contribution in [0.4, 0.5) is 5.69 Å². The molecule has 0 saturated heterocycles. The summed E-state index contributed by atoms with van der Waals surface area (Å²) in [5.74, 6) is -0.227. The summed E-state index contributed by atoms with van der Waals surface area (Å²) >= 11 is 7.77. The normalized spacial score (nSPS) is 11.0. The Labute approximate surface area is 181 Å². The van der Waals surface area contributed by atoms with Crippen molar-refractivity contribution in [3.63, 3.8) is 0 Å². The summed E-state index contributed by atoms with van der Waals surface area (Å²) in [5.41, 5.74) is 4.73. The van der Waals surface area contributed by atoms with Crippen LogP contribution in [0.2, 0.25) is 5.02 Å². The number of amides is 1. The molecule has 0 bridgehead atoms. The van der Waals surface area contributed by atoms with E-state index in [0.29, 0.717) is 16.4 Å². The van der Waals surface area contributed by atoms with Gasteiger partial charge in [0.15, 0.2) is 0 Å². The number of para-hydroxylation sites is 1. The Bertz CT molecular complexity index is 1360. The molecular weight excluding hydrogens is 416 g/mol. The van der Waals surface area contributed by atoms with Crippen molar-refractivity contribution in [1.82, 2.24) is 15.0 Å². The highest BCUT2D eigenvalue weighted by atomic mass is 35.5. The third-order valence-electron chi connectivity index (χ3n) is 4.70. The van der Waals surface area contributed by atoms with Crippen molar-refractivity contribution in [2.75, 3.05) is 5.32 Å². The molecule has 0 saturated carbocycles. The fraction of sp³-hybridized carbons (Fsp3) is 0. The smallest absolute Gasteiger partial charge is 0.272 e. The largest absolute Gasteiger partial charge is 0.349 e. The summed E-state index contributed by atoms with van der Waals surface area (Å²) in [6.45, 7) is 0. The second-order valence-electron chi connectivity index (χ2n) is 6.70. The first-order valence-corrected chi connectivity index (χ1v) is 10.5. The lowest BCUT2D eigenvalue weighted by molar-refractivity contribution is 0.102. The molecule has 0 aliphatic rings. The van der Waals surface area contributed by atoms with Crippen molar-refractivity contribution in [3.05, 3.63) is 89.2 Å². The highest BCUT2D eigenvalue weighted by Crippen LogP contribution is 2.30. The molecule has 5 aromatic rings. The number of anilines is 1. The van der Waals surface area contributed by atoms with Crippen molar-refractivity contribution >= 4 is 45.4 Å². The Morgan fingerprint density at radius 3 is 2.67 bits per heavy atom. The molecule has 0 aliphatic carbocycles. The van der Waals surface area contributed by atoms with Crippen molar-refractivity contribution in [2.45, 2.75) is 0 Å². The molecule has 0 atom stereocenters. The van der Waals surface area contributed by atoms with Gasteiger partial charge in [-0.3, -0.25) is 9.78 Å². The third kappa shape index (κ3) is 3.58. The number of hydrogen-bond donors (Lipinski definition) is 2. The van der Waals surface area contributed by atoms with Gasteiger partial charge < -0.3 is 10.3 Å². The first kappa shape index (κ1) is 18.5. The molecule has 5 nitrogen and oxygen atoms in total. The minimum atomic E-state index is -0.227. The van der Waals surface area contributed by atoms with Crippen LogP contribution in [0.3, 0.4) is 0 Å². The van der Waals surface area contributed by atoms with Gasteiger partial charge in [-0.1, -0.05) is 35.9 Å². The molecule has 0 fully saturated rings. The highest BCUT2D eigenvalue weighted by Gasteiger charge is 2.12. The maximum atomic E-state index is 12.7. The van der Waals surface area contributed by atoms with Crippen LogP contribution in [0.15, 0.2) is 78.4 Å². The number of aromatic nitrogens is 3. The van der Waals surface area contributed by atoms with E-state index in [1.54, 1.807) is 35.9 Å². The minimum absolute atomic E-state index is 0.227. The molecule has 2 N–H and O–H groups in total. The number of halogens is 1. The van der Waals surface area contributed by atoms with E-state index in [1.807, 2.05) is 53.9 Å². The van der Waals surface area contributed by atoms with Crippen molar-refractivity contribution in [1.29, 1.82) is 0 Å². The SMILES string of the molecule is O=C(Nc1cccc(-c2csc(-c3ccncc3)n2)c1)c1cc2cccc(Cl)c2[nH]1. The average molecular weight is 431 g/mol. The molecule has 3 heterocycles. The van der Waals surface area contributed by atoms with E-state index in [4.69, 9.17) is 16.6 Å². The highest BCUT2D eigenvalue weighted by molar-refractivity contribution is 7.13. The van der Waals surface area contributed by atoms with Crippen molar-refractivity contribution in [2.24, 2.45) is 0 Å². The Hall–Kier alpha value is -3.48. The lowest BCUT2D eigenvalue weighted by Gasteiger charge is -2.05. The van der Waals surface area contributed by atoms with Crippen LogP contribution in [0.5, 0.6) is 0 Å². The Kier molecular flexibility index (Phi) is 4.78. The van der Waals surface area contributed by atoms with Crippen LogP contribution in [-0.4, -0.2) is 20.9 Å². The van der Waals surface area contributed by atoms with Gasteiger partial charge in [0.25, 0.3) is 5.91 Å². The Morgan fingerprint density at radius 2 is 1.83 bits per heavy atom. The average Bonchev–Trinajstić information content (AvgIpc) is 3.43. The predicted octanol–water partition coefficient (Wildman–Crippen LogP) is 6.26. The molecule has 0 aliphatic heterocycles. The maximum absolute atomic E-state index is 12.7. The van der Waals surface area contributed by atoms with Gasteiger partial charge in [0.05, 0.1) is 16.2 Å². The number of hydrogen-bond acceptors (Lipinski definition) is 4. The van der Waals surface area contributed by atoms with Gasteiger partial charge in [-0.2, -0.15) is 0 Å². The zero-order chi connectivity index (χ0) is 20.5. The predicted molar refractivity (Wildman–Crippen MR) is 122 cm³/mol. The Balaban J connectivity index is 1.39. The van der Waals surface area contributed by atoms with Crippen LogP contribution < -0.4 is 5.32 Å². The molecule has 1 amide bonds. The molecule has 3 aromatic heterocycles. The van der Waals surface area contributed by atoms with Crippen LogP contribution in [0.25, 0.3) is 32.7 Å². The van der Waals surface area contributed by atoms with E-state index in [0.717, 1.165) is 32.7 Å². The fourth-order valence-corrected chi connectivity index (χ4v) is 4.29. The fourth-order valence-electron chi connectivity index (χ4n) is 3.23. The van der Waals surface area contributed by atoms with Gasteiger partial charge in [-0.25, -0.2) is 4.98 Å². The number of thiazole rings is 1. The van der Waals surface area contributed by atoms with E-state index in [2.05, 4.69) is 15.3 Å². The molecule has 146 valence electrons. The molecule has 5 rings (SSSR count). The lowest BCUT2D eigenvalue weighted by Crippen LogP contribution is -2.12. The minimum Gasteiger partial charge on any atom is -0.349 e. The summed E-state index contributed by atoms with van der Waals surface area (Å²) in [6, 6.07) is 18.9. The number of benzene rings is 2. The van der Waals surface area contributed by atoms with E-state index in [-0.39, 0.29) is 5.91 Å². The zero-order valence-corrected chi connectivity index (χ0v) is 17.2. The van der Waals surface area contributed by atoms with E-state index < -0.39 is 0 Å².